The van der Waals surface area contributed by atoms with Gasteiger partial charge in [0.05, 0.1) is 11.7 Å². The number of fused-ring (bicyclic) bond motifs is 3. The van der Waals surface area contributed by atoms with E-state index in [-0.39, 0.29) is 29.8 Å². The van der Waals surface area contributed by atoms with Crippen LogP contribution in [0.2, 0.25) is 0 Å². The summed E-state index contributed by atoms with van der Waals surface area (Å²) in [4.78, 5) is 15.3. The summed E-state index contributed by atoms with van der Waals surface area (Å²) < 4.78 is 30.6. The van der Waals surface area contributed by atoms with Crippen molar-refractivity contribution in [1.29, 1.82) is 0 Å². The van der Waals surface area contributed by atoms with Crippen molar-refractivity contribution in [2.24, 2.45) is 5.73 Å². The van der Waals surface area contributed by atoms with Gasteiger partial charge < -0.3 is 20.7 Å². The summed E-state index contributed by atoms with van der Waals surface area (Å²) in [5, 5.41) is 2.79. The van der Waals surface area contributed by atoms with Gasteiger partial charge in [-0.15, -0.1) is 8.78 Å². The summed E-state index contributed by atoms with van der Waals surface area (Å²) in [6.45, 7) is 4.30. The lowest BCUT2D eigenvalue weighted by Crippen LogP contribution is -2.47. The van der Waals surface area contributed by atoms with Crippen LogP contribution in [0.4, 0.5) is 20.2 Å². The molecular formula is C22H23BrClF2N3O2. The second-order valence-electron chi connectivity index (χ2n) is 8.26. The van der Waals surface area contributed by atoms with Gasteiger partial charge in [0.25, 0.3) is 5.91 Å². The Morgan fingerprint density at radius 1 is 1.29 bits per heavy atom. The van der Waals surface area contributed by atoms with Gasteiger partial charge in [0.2, 0.25) is 0 Å². The standard InChI is InChI=1S/C22H23BrClF2N3O2/c1-11(2)29-19-16(15-7-8-18(27)20(15)29)9-12(10-17(19)23)21(30)28-13-3-5-14(6-4-13)31-22(24,25)26/h3-6,9-11,15,18,20H,7-8,27H2,1-2H3,(H,28,30). The van der Waals surface area contributed by atoms with Crippen LogP contribution >= 0.6 is 27.5 Å². The third kappa shape index (κ3) is 4.38. The number of ether oxygens (including phenoxy) is 1. The number of anilines is 2. The van der Waals surface area contributed by atoms with Gasteiger partial charge >= 0.3 is 5.57 Å². The predicted molar refractivity (Wildman–Crippen MR) is 121 cm³/mol. The first kappa shape index (κ1) is 22.3. The van der Waals surface area contributed by atoms with Crippen molar-refractivity contribution in [1.82, 2.24) is 0 Å². The summed E-state index contributed by atoms with van der Waals surface area (Å²) in [5.41, 5.74) is 5.86. The number of nitrogens with one attached hydrogen (secondary N) is 1. The van der Waals surface area contributed by atoms with E-state index in [0.717, 1.165) is 28.6 Å². The van der Waals surface area contributed by atoms with Crippen molar-refractivity contribution in [3.8, 4) is 5.75 Å². The third-order valence-electron chi connectivity index (χ3n) is 5.90. The van der Waals surface area contributed by atoms with Gasteiger partial charge in [0.1, 0.15) is 5.75 Å². The molecule has 2 aromatic rings. The van der Waals surface area contributed by atoms with Crippen LogP contribution in [-0.2, 0) is 0 Å². The van der Waals surface area contributed by atoms with Gasteiger partial charge in [-0.1, -0.05) is 0 Å². The van der Waals surface area contributed by atoms with Gasteiger partial charge in [0, 0.05) is 45.3 Å². The van der Waals surface area contributed by atoms with E-state index in [4.69, 9.17) is 17.3 Å². The molecule has 0 saturated heterocycles. The minimum absolute atomic E-state index is 0.101. The highest BCUT2D eigenvalue weighted by atomic mass is 79.9. The van der Waals surface area contributed by atoms with Crippen LogP contribution in [0.1, 0.15) is 48.5 Å². The molecule has 5 nitrogen and oxygen atoms in total. The van der Waals surface area contributed by atoms with E-state index in [0.29, 0.717) is 17.2 Å². The molecule has 0 radical (unpaired) electrons. The predicted octanol–water partition coefficient (Wildman–Crippen LogP) is 5.67. The Kier molecular flexibility index (Phi) is 5.91. The van der Waals surface area contributed by atoms with E-state index >= 15 is 0 Å². The van der Waals surface area contributed by atoms with E-state index in [1.165, 1.54) is 24.3 Å². The van der Waals surface area contributed by atoms with Crippen molar-refractivity contribution in [3.63, 3.8) is 0 Å². The molecule has 0 bridgehead atoms. The highest BCUT2D eigenvalue weighted by Crippen LogP contribution is 2.52. The molecule has 4 rings (SSSR count). The van der Waals surface area contributed by atoms with Crippen molar-refractivity contribution in [2.75, 3.05) is 10.2 Å². The minimum Gasteiger partial charge on any atom is -0.420 e. The average Bonchev–Trinajstić information content (AvgIpc) is 3.20. The van der Waals surface area contributed by atoms with Gasteiger partial charge in [-0.05, 0) is 84.6 Å². The molecule has 1 saturated carbocycles. The molecule has 0 spiro atoms. The molecule has 9 heteroatoms. The Hall–Kier alpha value is -1.90. The third-order valence-corrected chi connectivity index (χ3v) is 6.58. The summed E-state index contributed by atoms with van der Waals surface area (Å²) in [6, 6.07) is 9.96. The average molecular weight is 515 g/mol. The largest absolute Gasteiger partial charge is 0.487 e. The van der Waals surface area contributed by atoms with Gasteiger partial charge in [-0.3, -0.25) is 4.79 Å². The lowest BCUT2D eigenvalue weighted by molar-refractivity contribution is -0.0964. The Bertz CT molecular complexity index is 997. The zero-order chi connectivity index (χ0) is 22.5. The Balaban J connectivity index is 1.58. The van der Waals surface area contributed by atoms with Crippen LogP contribution < -0.4 is 20.7 Å². The number of alkyl halides is 3. The number of hydrogen-bond acceptors (Lipinski definition) is 4. The van der Waals surface area contributed by atoms with Crippen molar-refractivity contribution < 1.29 is 18.3 Å². The topological polar surface area (TPSA) is 67.6 Å². The molecule has 3 unspecified atom stereocenters. The SMILES string of the molecule is CC(C)N1c2c(Br)cc(C(=O)Nc3ccc(OC(F)(F)Cl)cc3)cc2C2CCC(N)C21. The maximum Gasteiger partial charge on any atom is 0.487 e. The number of nitrogens with two attached hydrogens (primary N) is 1. The number of halogens is 4. The first-order valence-corrected chi connectivity index (χ1v) is 11.3. The van der Waals surface area contributed by atoms with E-state index in [2.05, 4.69) is 44.7 Å². The molecule has 1 aliphatic carbocycles. The van der Waals surface area contributed by atoms with E-state index in [9.17, 15) is 13.6 Å². The minimum atomic E-state index is -3.79. The number of rotatable bonds is 5. The molecular weight excluding hydrogens is 492 g/mol. The molecule has 1 heterocycles. The van der Waals surface area contributed by atoms with E-state index in [1.54, 1.807) is 0 Å². The van der Waals surface area contributed by atoms with Crippen molar-refractivity contribution >= 4 is 44.8 Å². The summed E-state index contributed by atoms with van der Waals surface area (Å²) >= 11 is 8.43. The van der Waals surface area contributed by atoms with E-state index in [1.807, 2.05) is 12.1 Å². The molecule has 31 heavy (non-hydrogen) atoms. The Labute approximate surface area is 193 Å². The molecule has 166 valence electrons. The first-order chi connectivity index (χ1) is 14.5. The molecule has 0 aromatic heterocycles. The monoisotopic (exact) mass is 513 g/mol. The maximum absolute atomic E-state index is 12.9. The van der Waals surface area contributed by atoms with Crippen molar-refractivity contribution in [3.05, 3.63) is 52.0 Å². The number of nitrogens with zero attached hydrogens (tertiary/aromatic N) is 1. The summed E-state index contributed by atoms with van der Waals surface area (Å²) in [7, 11) is 0. The fourth-order valence-corrected chi connectivity index (χ4v) is 5.52. The maximum atomic E-state index is 12.9. The first-order valence-electron chi connectivity index (χ1n) is 10.1. The lowest BCUT2D eigenvalue weighted by Gasteiger charge is -2.34. The Morgan fingerprint density at radius 3 is 2.58 bits per heavy atom. The zero-order valence-electron chi connectivity index (χ0n) is 17.0. The van der Waals surface area contributed by atoms with Crippen molar-refractivity contribution in [2.45, 2.75) is 56.3 Å². The number of carbonyl (C=O) groups excluding carboxylic acids is 1. The van der Waals surface area contributed by atoms with Crippen LogP contribution in [0.3, 0.4) is 0 Å². The highest BCUT2D eigenvalue weighted by molar-refractivity contribution is 9.10. The highest BCUT2D eigenvalue weighted by Gasteiger charge is 2.47. The number of hydrogen-bond donors (Lipinski definition) is 2. The van der Waals surface area contributed by atoms with Crippen LogP contribution in [0.5, 0.6) is 5.75 Å². The fraction of sp³-hybridized carbons (Fsp3) is 0.409. The molecule has 2 aromatic carbocycles. The molecule has 3 atom stereocenters. The second-order valence-corrected chi connectivity index (χ2v) is 9.56. The van der Waals surface area contributed by atoms with Gasteiger partial charge in [-0.2, -0.15) is 0 Å². The zero-order valence-corrected chi connectivity index (χ0v) is 19.4. The molecule has 1 fully saturated rings. The number of benzene rings is 2. The van der Waals surface area contributed by atoms with Crippen LogP contribution in [0.15, 0.2) is 40.9 Å². The van der Waals surface area contributed by atoms with Gasteiger partial charge in [0.15, 0.2) is 0 Å². The molecule has 1 aliphatic heterocycles. The quantitative estimate of drug-likeness (QED) is 0.505. The van der Waals surface area contributed by atoms with Crippen LogP contribution in [0, 0.1) is 0 Å². The smallest absolute Gasteiger partial charge is 0.420 e. The summed E-state index contributed by atoms with van der Waals surface area (Å²) in [5.74, 6) is -0.0950. The van der Waals surface area contributed by atoms with Crippen LogP contribution in [0.25, 0.3) is 0 Å². The van der Waals surface area contributed by atoms with E-state index < -0.39 is 5.57 Å². The van der Waals surface area contributed by atoms with Crippen LogP contribution in [-0.4, -0.2) is 29.6 Å². The Morgan fingerprint density at radius 2 is 1.97 bits per heavy atom. The molecule has 1 amide bonds. The van der Waals surface area contributed by atoms with Gasteiger partial charge in [-0.25, -0.2) is 0 Å². The second kappa shape index (κ2) is 8.22. The summed E-state index contributed by atoms with van der Waals surface area (Å²) in [6.07, 6.45) is 1.95. The molecule has 2 aliphatic rings. The lowest BCUT2D eigenvalue weighted by atomic mass is 9.95. The normalized spacial score (nSPS) is 22.5. The molecule has 3 N–H and O–H groups in total. The number of carbonyl (C=O) groups is 1. The fourth-order valence-electron chi connectivity index (χ4n) is 4.75. The number of amides is 1.